The van der Waals surface area contributed by atoms with Crippen molar-refractivity contribution in [2.45, 2.75) is 37.6 Å². The fraction of sp³-hybridized carbons (Fsp3) is 0.636. The zero-order chi connectivity index (χ0) is 11.1. The van der Waals surface area contributed by atoms with E-state index in [1.54, 1.807) is 7.11 Å². The molecule has 0 spiro atoms. The van der Waals surface area contributed by atoms with Crippen molar-refractivity contribution >= 4 is 17.4 Å². The highest BCUT2D eigenvalue weighted by molar-refractivity contribution is 6.31. The number of halogens is 1. The highest BCUT2D eigenvalue weighted by Crippen LogP contribution is 2.41. The molecule has 0 saturated heterocycles. The molecular weight excluding hydrogens is 226 g/mol. The number of hydrogen-bond donors (Lipinski definition) is 1. The quantitative estimate of drug-likeness (QED) is 0.821. The standard InChI is InChI=1S/C11H14ClN3O/c1-16-8-9(12)14-10(6-2-3-6)15-11(8)13-7-4-5-7/h6-7H,2-5H2,1H3,(H,13,14,15). The van der Waals surface area contributed by atoms with Crippen LogP contribution >= 0.6 is 11.6 Å². The maximum absolute atomic E-state index is 6.09. The molecule has 1 heterocycles. The van der Waals surface area contributed by atoms with Gasteiger partial charge < -0.3 is 10.1 Å². The summed E-state index contributed by atoms with van der Waals surface area (Å²) in [6.07, 6.45) is 4.74. The summed E-state index contributed by atoms with van der Waals surface area (Å²) in [5.41, 5.74) is 0. The molecule has 16 heavy (non-hydrogen) atoms. The van der Waals surface area contributed by atoms with Gasteiger partial charge >= 0.3 is 0 Å². The lowest BCUT2D eigenvalue weighted by Gasteiger charge is -2.11. The number of ether oxygens (including phenoxy) is 1. The molecule has 0 atom stereocenters. The van der Waals surface area contributed by atoms with Gasteiger partial charge in [-0.05, 0) is 25.7 Å². The molecule has 2 aliphatic rings. The predicted octanol–water partition coefficient (Wildman–Crippen LogP) is 2.59. The zero-order valence-corrected chi connectivity index (χ0v) is 9.92. The van der Waals surface area contributed by atoms with Gasteiger partial charge in [0.1, 0.15) is 5.82 Å². The second-order valence-electron chi connectivity index (χ2n) is 4.45. The minimum atomic E-state index is 0.419. The molecule has 0 unspecified atom stereocenters. The van der Waals surface area contributed by atoms with Gasteiger partial charge in [0, 0.05) is 12.0 Å². The van der Waals surface area contributed by atoms with E-state index in [4.69, 9.17) is 16.3 Å². The van der Waals surface area contributed by atoms with Crippen LogP contribution in [0.4, 0.5) is 5.82 Å². The largest absolute Gasteiger partial charge is 0.490 e. The molecule has 1 aromatic rings. The van der Waals surface area contributed by atoms with Crippen LogP contribution in [0.1, 0.15) is 37.4 Å². The van der Waals surface area contributed by atoms with Crippen LogP contribution in [0.2, 0.25) is 5.15 Å². The number of nitrogens with one attached hydrogen (secondary N) is 1. The minimum absolute atomic E-state index is 0.419. The molecule has 86 valence electrons. The van der Waals surface area contributed by atoms with E-state index in [9.17, 15) is 0 Å². The van der Waals surface area contributed by atoms with Gasteiger partial charge in [0.2, 0.25) is 0 Å². The summed E-state index contributed by atoms with van der Waals surface area (Å²) in [7, 11) is 1.60. The van der Waals surface area contributed by atoms with E-state index < -0.39 is 0 Å². The summed E-state index contributed by atoms with van der Waals surface area (Å²) in [5.74, 6) is 2.68. The summed E-state index contributed by atoms with van der Waals surface area (Å²) < 4.78 is 5.24. The molecule has 1 N–H and O–H groups in total. The van der Waals surface area contributed by atoms with Gasteiger partial charge in [0.15, 0.2) is 16.7 Å². The number of rotatable bonds is 4. The van der Waals surface area contributed by atoms with Gasteiger partial charge in [0.05, 0.1) is 7.11 Å². The van der Waals surface area contributed by atoms with Gasteiger partial charge in [-0.1, -0.05) is 11.6 Å². The van der Waals surface area contributed by atoms with Crippen molar-refractivity contribution in [1.82, 2.24) is 9.97 Å². The number of anilines is 1. The fourth-order valence-corrected chi connectivity index (χ4v) is 1.92. The van der Waals surface area contributed by atoms with E-state index in [2.05, 4.69) is 15.3 Å². The Kier molecular flexibility index (Phi) is 2.39. The number of nitrogens with zero attached hydrogens (tertiary/aromatic N) is 2. The molecule has 0 aromatic carbocycles. The van der Waals surface area contributed by atoms with Crippen LogP contribution in [0.3, 0.4) is 0 Å². The Labute approximate surface area is 99.4 Å². The van der Waals surface area contributed by atoms with Gasteiger partial charge in [-0.3, -0.25) is 0 Å². The summed E-state index contributed by atoms with van der Waals surface area (Å²) in [6, 6.07) is 0.534. The number of aromatic nitrogens is 2. The molecule has 5 heteroatoms. The Hall–Kier alpha value is -1.03. The van der Waals surface area contributed by atoms with Crippen molar-refractivity contribution in [1.29, 1.82) is 0 Å². The van der Waals surface area contributed by atoms with Gasteiger partial charge in [-0.15, -0.1) is 0 Å². The average molecular weight is 240 g/mol. The molecular formula is C11H14ClN3O. The van der Waals surface area contributed by atoms with Crippen molar-refractivity contribution in [3.8, 4) is 5.75 Å². The molecule has 0 radical (unpaired) electrons. The Morgan fingerprint density at radius 3 is 2.56 bits per heavy atom. The summed E-state index contributed by atoms with van der Waals surface area (Å²) >= 11 is 6.09. The second kappa shape index (κ2) is 3.77. The maximum Gasteiger partial charge on any atom is 0.198 e. The van der Waals surface area contributed by atoms with E-state index in [0.29, 0.717) is 22.9 Å². The zero-order valence-electron chi connectivity index (χ0n) is 9.16. The van der Waals surface area contributed by atoms with E-state index in [-0.39, 0.29) is 0 Å². The molecule has 4 nitrogen and oxygen atoms in total. The van der Waals surface area contributed by atoms with E-state index in [0.717, 1.165) is 11.6 Å². The molecule has 0 amide bonds. The Bertz CT molecular complexity index is 416. The highest BCUT2D eigenvalue weighted by Gasteiger charge is 2.30. The first kappa shape index (κ1) is 10.1. The van der Waals surface area contributed by atoms with Gasteiger partial charge in [0.25, 0.3) is 0 Å². The van der Waals surface area contributed by atoms with E-state index >= 15 is 0 Å². The lowest BCUT2D eigenvalue weighted by molar-refractivity contribution is 0.412. The summed E-state index contributed by atoms with van der Waals surface area (Å²) in [6.45, 7) is 0. The fourth-order valence-electron chi connectivity index (χ4n) is 1.66. The highest BCUT2D eigenvalue weighted by atomic mass is 35.5. The second-order valence-corrected chi connectivity index (χ2v) is 4.81. The molecule has 1 aromatic heterocycles. The van der Waals surface area contributed by atoms with Crippen molar-refractivity contribution in [3.05, 3.63) is 11.0 Å². The first-order valence-corrected chi connectivity index (χ1v) is 6.03. The molecule has 0 bridgehead atoms. The van der Waals surface area contributed by atoms with Gasteiger partial charge in [-0.2, -0.15) is 0 Å². The van der Waals surface area contributed by atoms with Crippen LogP contribution in [0, 0.1) is 0 Å². The lowest BCUT2D eigenvalue weighted by Crippen LogP contribution is -2.08. The van der Waals surface area contributed by atoms with E-state index in [1.165, 1.54) is 25.7 Å². The molecule has 3 rings (SSSR count). The van der Waals surface area contributed by atoms with E-state index in [1.807, 2.05) is 0 Å². The van der Waals surface area contributed by atoms with Crippen LogP contribution in [0.5, 0.6) is 5.75 Å². The Morgan fingerprint density at radius 2 is 2.00 bits per heavy atom. The van der Waals surface area contributed by atoms with Crippen molar-refractivity contribution in [2.24, 2.45) is 0 Å². The molecule has 0 aliphatic heterocycles. The molecule has 2 aliphatic carbocycles. The first-order chi connectivity index (χ1) is 7.78. The SMILES string of the molecule is COc1c(Cl)nc(C2CC2)nc1NC1CC1. The molecule has 2 saturated carbocycles. The predicted molar refractivity (Wildman–Crippen MR) is 62.2 cm³/mol. The molecule has 2 fully saturated rings. The van der Waals surface area contributed by atoms with Crippen LogP contribution in [-0.2, 0) is 0 Å². The van der Waals surface area contributed by atoms with Crippen molar-refractivity contribution < 1.29 is 4.74 Å². The van der Waals surface area contributed by atoms with Crippen LogP contribution < -0.4 is 10.1 Å². The van der Waals surface area contributed by atoms with Crippen molar-refractivity contribution in [3.63, 3.8) is 0 Å². The maximum atomic E-state index is 6.09. The normalized spacial score (nSPS) is 19.6. The van der Waals surface area contributed by atoms with Crippen LogP contribution in [0.15, 0.2) is 0 Å². The monoisotopic (exact) mass is 239 g/mol. The van der Waals surface area contributed by atoms with Crippen LogP contribution in [-0.4, -0.2) is 23.1 Å². The lowest BCUT2D eigenvalue weighted by atomic mass is 10.3. The topological polar surface area (TPSA) is 47.0 Å². The average Bonchev–Trinajstić information content (AvgIpc) is 3.12. The number of hydrogen-bond acceptors (Lipinski definition) is 4. The van der Waals surface area contributed by atoms with Crippen molar-refractivity contribution in [2.75, 3.05) is 12.4 Å². The summed E-state index contributed by atoms with van der Waals surface area (Å²) in [4.78, 5) is 8.80. The Balaban J connectivity index is 1.95. The van der Waals surface area contributed by atoms with Gasteiger partial charge in [-0.25, -0.2) is 9.97 Å². The Morgan fingerprint density at radius 1 is 1.25 bits per heavy atom. The third-order valence-corrected chi connectivity index (χ3v) is 3.16. The smallest absolute Gasteiger partial charge is 0.198 e. The third kappa shape index (κ3) is 1.94. The van der Waals surface area contributed by atoms with Crippen LogP contribution in [0.25, 0.3) is 0 Å². The first-order valence-electron chi connectivity index (χ1n) is 5.66. The third-order valence-electron chi connectivity index (χ3n) is 2.91. The minimum Gasteiger partial charge on any atom is -0.490 e. The summed E-state index contributed by atoms with van der Waals surface area (Å²) in [5, 5.41) is 3.76. The number of methoxy groups -OCH3 is 1.